The van der Waals surface area contributed by atoms with Crippen molar-refractivity contribution in [3.8, 4) is 16.9 Å². The smallest absolute Gasteiger partial charge is 0.118 e. The van der Waals surface area contributed by atoms with Gasteiger partial charge in [0.05, 0.1) is 7.11 Å². The maximum Gasteiger partial charge on any atom is 0.118 e. The van der Waals surface area contributed by atoms with E-state index >= 15 is 0 Å². The fraction of sp³-hybridized carbons (Fsp3) is 0.520. The summed E-state index contributed by atoms with van der Waals surface area (Å²) in [6.45, 7) is 4.78. The predicted molar refractivity (Wildman–Crippen MR) is 112 cm³/mol. The van der Waals surface area contributed by atoms with Crippen molar-refractivity contribution in [3.05, 3.63) is 54.1 Å². The van der Waals surface area contributed by atoms with Crippen LogP contribution in [0.3, 0.4) is 0 Å². The summed E-state index contributed by atoms with van der Waals surface area (Å²) in [5.74, 6) is 3.63. The van der Waals surface area contributed by atoms with Crippen molar-refractivity contribution in [2.75, 3.05) is 7.11 Å². The van der Waals surface area contributed by atoms with E-state index < -0.39 is 0 Å². The molecule has 1 aliphatic carbocycles. The van der Waals surface area contributed by atoms with Crippen LogP contribution < -0.4 is 4.74 Å². The normalized spacial score (nSPS) is 21.3. The fourth-order valence-electron chi connectivity index (χ4n) is 4.61. The Morgan fingerprint density at radius 3 is 2.00 bits per heavy atom. The van der Waals surface area contributed by atoms with Gasteiger partial charge in [0.25, 0.3) is 0 Å². The first kappa shape index (κ1) is 19.0. The highest BCUT2D eigenvalue weighted by Crippen LogP contribution is 2.36. The molecule has 26 heavy (non-hydrogen) atoms. The Kier molecular flexibility index (Phi) is 6.77. The van der Waals surface area contributed by atoms with Crippen molar-refractivity contribution in [3.63, 3.8) is 0 Å². The third-order valence-electron chi connectivity index (χ3n) is 6.33. The lowest BCUT2D eigenvalue weighted by atomic mass is 9.74. The summed E-state index contributed by atoms with van der Waals surface area (Å²) in [5.41, 5.74) is 4.01. The van der Waals surface area contributed by atoms with Crippen LogP contribution in [0.1, 0.15) is 57.9 Å². The zero-order valence-corrected chi connectivity index (χ0v) is 16.7. The molecule has 1 fully saturated rings. The molecule has 0 N–H and O–H groups in total. The maximum atomic E-state index is 5.25. The quantitative estimate of drug-likeness (QED) is 0.515. The van der Waals surface area contributed by atoms with E-state index in [-0.39, 0.29) is 0 Å². The lowest BCUT2D eigenvalue weighted by Crippen LogP contribution is -2.21. The fourth-order valence-corrected chi connectivity index (χ4v) is 4.61. The molecule has 2 aromatic rings. The molecule has 0 heterocycles. The summed E-state index contributed by atoms with van der Waals surface area (Å²) in [7, 11) is 1.71. The van der Waals surface area contributed by atoms with Gasteiger partial charge in [-0.3, -0.25) is 0 Å². The minimum Gasteiger partial charge on any atom is -0.497 e. The SMILES string of the molecule is CCCC1CCC(C(C)Cc2ccc(-c3ccc(OC)cc3)cc2)CC1. The Bertz CT molecular complexity index is 648. The molecule has 1 nitrogen and oxygen atoms in total. The van der Waals surface area contributed by atoms with Crippen LogP contribution in [0, 0.1) is 17.8 Å². The van der Waals surface area contributed by atoms with Crippen LogP contribution >= 0.6 is 0 Å². The zero-order chi connectivity index (χ0) is 18.4. The second kappa shape index (κ2) is 9.26. The Balaban J connectivity index is 1.55. The van der Waals surface area contributed by atoms with E-state index in [4.69, 9.17) is 4.74 Å². The highest BCUT2D eigenvalue weighted by molar-refractivity contribution is 5.64. The van der Waals surface area contributed by atoms with E-state index in [0.29, 0.717) is 0 Å². The lowest BCUT2D eigenvalue weighted by Gasteiger charge is -2.32. The largest absolute Gasteiger partial charge is 0.497 e. The van der Waals surface area contributed by atoms with Gasteiger partial charge in [0.1, 0.15) is 5.75 Å². The standard InChI is InChI=1S/C25H34O/c1-4-5-20-6-10-22(11-7-20)19(2)18-21-8-12-23(13-9-21)24-14-16-25(26-3)17-15-24/h8-9,12-17,19-20,22H,4-7,10-11,18H2,1-3H3. The summed E-state index contributed by atoms with van der Waals surface area (Å²) >= 11 is 0. The van der Waals surface area contributed by atoms with Gasteiger partial charge in [0.2, 0.25) is 0 Å². The highest BCUT2D eigenvalue weighted by atomic mass is 16.5. The van der Waals surface area contributed by atoms with Gasteiger partial charge in [-0.2, -0.15) is 0 Å². The second-order valence-corrected chi connectivity index (χ2v) is 8.18. The van der Waals surface area contributed by atoms with Gasteiger partial charge in [-0.05, 0) is 65.8 Å². The summed E-state index contributed by atoms with van der Waals surface area (Å²) < 4.78 is 5.25. The number of methoxy groups -OCH3 is 1. The molecule has 1 heteroatoms. The molecule has 2 aromatic carbocycles. The monoisotopic (exact) mass is 350 g/mol. The van der Waals surface area contributed by atoms with E-state index in [0.717, 1.165) is 23.5 Å². The minimum absolute atomic E-state index is 0.796. The third-order valence-corrected chi connectivity index (χ3v) is 6.33. The molecule has 1 aliphatic rings. The molecule has 1 atom stereocenters. The molecule has 0 spiro atoms. The van der Waals surface area contributed by atoms with Crippen LogP contribution in [0.5, 0.6) is 5.75 Å². The van der Waals surface area contributed by atoms with Gasteiger partial charge in [-0.1, -0.05) is 75.9 Å². The second-order valence-electron chi connectivity index (χ2n) is 8.18. The molecular weight excluding hydrogens is 316 g/mol. The van der Waals surface area contributed by atoms with Crippen LogP contribution in [-0.4, -0.2) is 7.11 Å². The first-order chi connectivity index (χ1) is 12.7. The summed E-state index contributed by atoms with van der Waals surface area (Å²) in [4.78, 5) is 0. The zero-order valence-electron chi connectivity index (χ0n) is 16.7. The Morgan fingerprint density at radius 2 is 1.46 bits per heavy atom. The van der Waals surface area contributed by atoms with E-state index in [9.17, 15) is 0 Å². The van der Waals surface area contributed by atoms with Crippen LogP contribution in [0.4, 0.5) is 0 Å². The molecule has 0 aliphatic heterocycles. The highest BCUT2D eigenvalue weighted by Gasteiger charge is 2.24. The van der Waals surface area contributed by atoms with Crippen molar-refractivity contribution in [1.29, 1.82) is 0 Å². The number of hydrogen-bond donors (Lipinski definition) is 0. The lowest BCUT2D eigenvalue weighted by molar-refractivity contribution is 0.206. The Labute approximate surface area is 159 Å². The van der Waals surface area contributed by atoms with Gasteiger partial charge in [0.15, 0.2) is 0 Å². The third kappa shape index (κ3) is 4.90. The van der Waals surface area contributed by atoms with Gasteiger partial charge in [-0.25, -0.2) is 0 Å². The number of hydrogen-bond acceptors (Lipinski definition) is 1. The van der Waals surface area contributed by atoms with Crippen LogP contribution in [0.2, 0.25) is 0 Å². The molecule has 140 valence electrons. The van der Waals surface area contributed by atoms with Crippen LogP contribution in [0.15, 0.2) is 48.5 Å². The van der Waals surface area contributed by atoms with Gasteiger partial charge < -0.3 is 4.74 Å². The molecule has 0 aromatic heterocycles. The summed E-state index contributed by atoms with van der Waals surface area (Å²) in [6, 6.07) is 17.5. The Hall–Kier alpha value is -1.76. The predicted octanol–water partition coefficient (Wildman–Crippen LogP) is 7.15. The average Bonchev–Trinajstić information content (AvgIpc) is 2.69. The van der Waals surface area contributed by atoms with E-state index in [1.807, 2.05) is 12.1 Å². The van der Waals surface area contributed by atoms with E-state index in [1.165, 1.54) is 61.6 Å². The molecule has 1 saturated carbocycles. The molecule has 0 radical (unpaired) electrons. The summed E-state index contributed by atoms with van der Waals surface area (Å²) in [5, 5.41) is 0. The van der Waals surface area contributed by atoms with Crippen molar-refractivity contribution in [2.24, 2.45) is 17.8 Å². The molecule has 0 amide bonds. The van der Waals surface area contributed by atoms with E-state index in [1.54, 1.807) is 7.11 Å². The minimum atomic E-state index is 0.796. The number of benzene rings is 2. The summed E-state index contributed by atoms with van der Waals surface area (Å²) in [6.07, 6.45) is 9.80. The maximum absolute atomic E-state index is 5.25. The van der Waals surface area contributed by atoms with Gasteiger partial charge in [-0.15, -0.1) is 0 Å². The number of ether oxygens (including phenoxy) is 1. The number of rotatable bonds is 7. The van der Waals surface area contributed by atoms with Crippen LogP contribution in [0.25, 0.3) is 11.1 Å². The average molecular weight is 351 g/mol. The molecule has 0 bridgehead atoms. The Morgan fingerprint density at radius 1 is 0.885 bits per heavy atom. The van der Waals surface area contributed by atoms with E-state index in [2.05, 4.69) is 50.2 Å². The topological polar surface area (TPSA) is 9.23 Å². The van der Waals surface area contributed by atoms with Crippen LogP contribution in [-0.2, 0) is 6.42 Å². The molecule has 1 unspecified atom stereocenters. The first-order valence-corrected chi connectivity index (χ1v) is 10.4. The molecule has 0 saturated heterocycles. The van der Waals surface area contributed by atoms with Crippen molar-refractivity contribution in [1.82, 2.24) is 0 Å². The van der Waals surface area contributed by atoms with Crippen molar-refractivity contribution >= 4 is 0 Å². The molecule has 3 rings (SSSR count). The van der Waals surface area contributed by atoms with Crippen molar-refractivity contribution < 1.29 is 4.74 Å². The van der Waals surface area contributed by atoms with Crippen molar-refractivity contribution in [2.45, 2.75) is 58.8 Å². The molecular formula is C25H34O. The van der Waals surface area contributed by atoms with Gasteiger partial charge in [0, 0.05) is 0 Å². The van der Waals surface area contributed by atoms with Gasteiger partial charge >= 0.3 is 0 Å². The first-order valence-electron chi connectivity index (χ1n) is 10.4.